The molecule has 1 aromatic carbocycles. The van der Waals surface area contributed by atoms with Crippen LogP contribution in [0.1, 0.15) is 16.8 Å². The molecule has 1 saturated heterocycles. The van der Waals surface area contributed by atoms with E-state index in [1.807, 2.05) is 29.3 Å². The molecule has 25 heavy (non-hydrogen) atoms. The maximum Gasteiger partial charge on any atom is 0.254 e. The van der Waals surface area contributed by atoms with Crippen LogP contribution in [0.3, 0.4) is 0 Å². The maximum atomic E-state index is 12.7. The van der Waals surface area contributed by atoms with Gasteiger partial charge in [-0.15, -0.1) is 0 Å². The first kappa shape index (κ1) is 15.6. The fraction of sp³-hybridized carbons (Fsp3) is 0.250. The van der Waals surface area contributed by atoms with Gasteiger partial charge in [0.2, 0.25) is 0 Å². The highest BCUT2D eigenvalue weighted by Crippen LogP contribution is 2.26. The molecule has 0 N–H and O–H groups in total. The highest BCUT2D eigenvalue weighted by atomic mass is 16.2. The molecule has 0 unspecified atom stereocenters. The number of pyridine rings is 2. The highest BCUT2D eigenvalue weighted by Gasteiger charge is 2.21. The minimum absolute atomic E-state index is 0.0869. The molecule has 0 aliphatic carbocycles. The van der Waals surface area contributed by atoms with Gasteiger partial charge in [0.15, 0.2) is 0 Å². The predicted molar refractivity (Wildman–Crippen MR) is 98.7 cm³/mol. The lowest BCUT2D eigenvalue weighted by molar-refractivity contribution is 0.0767. The van der Waals surface area contributed by atoms with Gasteiger partial charge in [0.25, 0.3) is 5.91 Å². The van der Waals surface area contributed by atoms with Crippen LogP contribution >= 0.6 is 0 Å². The second kappa shape index (κ2) is 6.89. The summed E-state index contributed by atoms with van der Waals surface area (Å²) >= 11 is 0. The standard InChI is InChI=1S/C20H20N4O/c25-20(16-6-9-21-10-7-16)24-13-3-12-23(14-15-24)19-8-11-22-18-5-2-1-4-17(18)19/h1-2,4-11H,3,12-15H2. The normalized spacial score (nSPS) is 15.2. The molecule has 0 saturated carbocycles. The van der Waals surface area contributed by atoms with E-state index in [1.54, 1.807) is 24.5 Å². The van der Waals surface area contributed by atoms with Gasteiger partial charge in [-0.05, 0) is 30.7 Å². The second-order valence-electron chi connectivity index (χ2n) is 6.22. The van der Waals surface area contributed by atoms with E-state index >= 15 is 0 Å². The van der Waals surface area contributed by atoms with E-state index in [2.05, 4.69) is 27.0 Å². The lowest BCUT2D eigenvalue weighted by Crippen LogP contribution is -2.35. The van der Waals surface area contributed by atoms with Crippen LogP contribution < -0.4 is 4.90 Å². The van der Waals surface area contributed by atoms with Crippen molar-refractivity contribution in [3.05, 3.63) is 66.6 Å². The number of hydrogen-bond donors (Lipinski definition) is 0. The Balaban J connectivity index is 1.54. The van der Waals surface area contributed by atoms with Crippen molar-refractivity contribution in [1.29, 1.82) is 0 Å². The lowest BCUT2D eigenvalue weighted by atomic mass is 10.1. The number of carbonyl (C=O) groups is 1. The predicted octanol–water partition coefficient (Wildman–Crippen LogP) is 2.98. The van der Waals surface area contributed by atoms with Crippen molar-refractivity contribution in [2.24, 2.45) is 0 Å². The van der Waals surface area contributed by atoms with Crippen LogP contribution in [0.5, 0.6) is 0 Å². The molecule has 1 aliphatic rings. The van der Waals surface area contributed by atoms with E-state index in [4.69, 9.17) is 0 Å². The summed E-state index contributed by atoms with van der Waals surface area (Å²) in [6.07, 6.45) is 6.15. The molecule has 3 aromatic rings. The number of nitrogens with zero attached hydrogens (tertiary/aromatic N) is 4. The number of hydrogen-bond acceptors (Lipinski definition) is 4. The van der Waals surface area contributed by atoms with Crippen molar-refractivity contribution in [3.8, 4) is 0 Å². The Morgan fingerprint density at radius 3 is 2.60 bits per heavy atom. The molecule has 4 rings (SSSR count). The summed E-state index contributed by atoms with van der Waals surface area (Å²) in [6.45, 7) is 3.26. The molecule has 1 amide bonds. The summed E-state index contributed by atoms with van der Waals surface area (Å²) in [5.41, 5.74) is 2.91. The molecule has 0 spiro atoms. The number of anilines is 1. The van der Waals surface area contributed by atoms with Crippen LogP contribution in [0.25, 0.3) is 10.9 Å². The smallest absolute Gasteiger partial charge is 0.254 e. The Labute approximate surface area is 146 Å². The van der Waals surface area contributed by atoms with Gasteiger partial charge in [-0.2, -0.15) is 0 Å². The van der Waals surface area contributed by atoms with E-state index in [0.717, 1.165) is 38.1 Å². The molecular weight excluding hydrogens is 312 g/mol. The molecular formula is C20H20N4O. The van der Waals surface area contributed by atoms with Crippen molar-refractivity contribution in [2.45, 2.75) is 6.42 Å². The summed E-state index contributed by atoms with van der Waals surface area (Å²) < 4.78 is 0. The van der Waals surface area contributed by atoms with Crippen LogP contribution in [-0.4, -0.2) is 47.0 Å². The van der Waals surface area contributed by atoms with Gasteiger partial charge in [0, 0.05) is 61.4 Å². The highest BCUT2D eigenvalue weighted by molar-refractivity contribution is 5.94. The quantitative estimate of drug-likeness (QED) is 0.724. The van der Waals surface area contributed by atoms with Crippen molar-refractivity contribution in [1.82, 2.24) is 14.9 Å². The molecule has 0 radical (unpaired) electrons. The van der Waals surface area contributed by atoms with Crippen molar-refractivity contribution in [3.63, 3.8) is 0 Å². The van der Waals surface area contributed by atoms with Crippen LogP contribution in [0.15, 0.2) is 61.1 Å². The van der Waals surface area contributed by atoms with Crippen molar-refractivity contribution in [2.75, 3.05) is 31.1 Å². The molecule has 1 aliphatic heterocycles. The van der Waals surface area contributed by atoms with Gasteiger partial charge in [-0.3, -0.25) is 14.8 Å². The van der Waals surface area contributed by atoms with Crippen LogP contribution in [0, 0.1) is 0 Å². The first-order valence-corrected chi connectivity index (χ1v) is 8.61. The number of benzene rings is 1. The van der Waals surface area contributed by atoms with E-state index in [1.165, 1.54) is 11.1 Å². The van der Waals surface area contributed by atoms with Crippen LogP contribution in [-0.2, 0) is 0 Å². The summed E-state index contributed by atoms with van der Waals surface area (Å²) in [5.74, 6) is 0.0869. The largest absolute Gasteiger partial charge is 0.369 e. The van der Waals surface area contributed by atoms with E-state index < -0.39 is 0 Å². The van der Waals surface area contributed by atoms with Gasteiger partial charge >= 0.3 is 0 Å². The Bertz CT molecular complexity index is 876. The van der Waals surface area contributed by atoms with Gasteiger partial charge in [0.1, 0.15) is 0 Å². The minimum Gasteiger partial charge on any atom is -0.369 e. The third kappa shape index (κ3) is 3.18. The average Bonchev–Trinajstić information content (AvgIpc) is 2.94. The fourth-order valence-electron chi connectivity index (χ4n) is 3.40. The number of rotatable bonds is 2. The number of aromatic nitrogens is 2. The van der Waals surface area contributed by atoms with E-state index in [-0.39, 0.29) is 5.91 Å². The van der Waals surface area contributed by atoms with Crippen molar-refractivity contribution < 1.29 is 4.79 Å². The molecule has 1 fully saturated rings. The van der Waals surface area contributed by atoms with Gasteiger partial charge < -0.3 is 9.80 Å². The minimum atomic E-state index is 0.0869. The fourth-order valence-corrected chi connectivity index (χ4v) is 3.40. The summed E-state index contributed by atoms with van der Waals surface area (Å²) in [7, 11) is 0. The number of para-hydroxylation sites is 1. The van der Waals surface area contributed by atoms with Gasteiger partial charge in [-0.1, -0.05) is 18.2 Å². The maximum absolute atomic E-state index is 12.7. The van der Waals surface area contributed by atoms with Crippen LogP contribution in [0.4, 0.5) is 5.69 Å². The van der Waals surface area contributed by atoms with E-state index in [0.29, 0.717) is 5.56 Å². The Morgan fingerprint density at radius 1 is 0.880 bits per heavy atom. The first-order chi connectivity index (χ1) is 12.3. The molecule has 3 heterocycles. The van der Waals surface area contributed by atoms with Crippen LogP contribution in [0.2, 0.25) is 0 Å². The number of amides is 1. The molecule has 5 heteroatoms. The lowest BCUT2D eigenvalue weighted by Gasteiger charge is -2.25. The van der Waals surface area contributed by atoms with Crippen molar-refractivity contribution >= 4 is 22.5 Å². The summed E-state index contributed by atoms with van der Waals surface area (Å²) in [6, 6.07) is 13.8. The first-order valence-electron chi connectivity index (χ1n) is 8.61. The monoisotopic (exact) mass is 332 g/mol. The number of carbonyl (C=O) groups excluding carboxylic acids is 1. The molecule has 2 aromatic heterocycles. The SMILES string of the molecule is O=C(c1ccncc1)N1CCCN(c2ccnc3ccccc23)CC1. The third-order valence-electron chi connectivity index (χ3n) is 4.68. The molecule has 126 valence electrons. The molecule has 0 bridgehead atoms. The van der Waals surface area contributed by atoms with Gasteiger partial charge in [-0.25, -0.2) is 0 Å². The molecule has 5 nitrogen and oxygen atoms in total. The zero-order chi connectivity index (χ0) is 17.1. The zero-order valence-electron chi connectivity index (χ0n) is 14.0. The summed E-state index contributed by atoms with van der Waals surface area (Å²) in [4.78, 5) is 25.4. The third-order valence-corrected chi connectivity index (χ3v) is 4.68. The Kier molecular flexibility index (Phi) is 4.29. The summed E-state index contributed by atoms with van der Waals surface area (Å²) in [5, 5.41) is 1.17. The molecule has 0 atom stereocenters. The Hall–Kier alpha value is -2.95. The second-order valence-corrected chi connectivity index (χ2v) is 6.22. The average molecular weight is 332 g/mol. The van der Waals surface area contributed by atoms with Gasteiger partial charge in [0.05, 0.1) is 5.52 Å². The number of fused-ring (bicyclic) bond motifs is 1. The Morgan fingerprint density at radius 2 is 1.72 bits per heavy atom. The zero-order valence-corrected chi connectivity index (χ0v) is 14.0. The topological polar surface area (TPSA) is 49.3 Å². The van der Waals surface area contributed by atoms with E-state index in [9.17, 15) is 4.79 Å².